The highest BCUT2D eigenvalue weighted by molar-refractivity contribution is 7.22. The van der Waals surface area contributed by atoms with Gasteiger partial charge in [-0.05, 0) is 24.3 Å². The molecule has 7 heteroatoms. The molecule has 0 saturated carbocycles. The predicted molar refractivity (Wildman–Crippen MR) is 104 cm³/mol. The Hall–Kier alpha value is -2.64. The standard InChI is InChI=1S/C19H18N4O2S/c1-24-15-7-6-14(23-8-10-25-11-9-23)17-16(15)22-19(26-17)18-20-12-4-2-3-5-13(12)21-18/h2-7H,8-11H2,1H3,(H,20,21). The van der Waals surface area contributed by atoms with E-state index in [-0.39, 0.29) is 0 Å². The minimum Gasteiger partial charge on any atom is -0.494 e. The largest absolute Gasteiger partial charge is 0.494 e. The van der Waals surface area contributed by atoms with Crippen LogP contribution < -0.4 is 9.64 Å². The number of methoxy groups -OCH3 is 1. The molecule has 3 heterocycles. The number of thiazole rings is 1. The third-order valence-corrected chi connectivity index (χ3v) is 5.73. The quantitative estimate of drug-likeness (QED) is 0.599. The van der Waals surface area contributed by atoms with E-state index in [0.29, 0.717) is 0 Å². The van der Waals surface area contributed by atoms with Gasteiger partial charge in [-0.1, -0.05) is 12.1 Å². The first kappa shape index (κ1) is 15.6. The van der Waals surface area contributed by atoms with E-state index < -0.39 is 0 Å². The Labute approximate surface area is 154 Å². The average Bonchev–Trinajstić information content (AvgIpc) is 3.32. The Kier molecular flexibility index (Phi) is 3.76. The average molecular weight is 366 g/mol. The molecule has 0 atom stereocenters. The zero-order valence-corrected chi connectivity index (χ0v) is 15.2. The molecule has 2 aromatic carbocycles. The second-order valence-corrected chi connectivity index (χ2v) is 7.18. The first-order valence-corrected chi connectivity index (χ1v) is 9.40. The number of anilines is 1. The van der Waals surface area contributed by atoms with Crippen molar-refractivity contribution in [3.63, 3.8) is 0 Å². The third kappa shape index (κ3) is 2.51. The summed E-state index contributed by atoms with van der Waals surface area (Å²) in [6, 6.07) is 12.1. The van der Waals surface area contributed by atoms with Gasteiger partial charge in [0, 0.05) is 13.1 Å². The lowest BCUT2D eigenvalue weighted by atomic mass is 10.2. The van der Waals surface area contributed by atoms with Gasteiger partial charge in [0.25, 0.3) is 0 Å². The summed E-state index contributed by atoms with van der Waals surface area (Å²) < 4.78 is 12.2. The first-order valence-electron chi connectivity index (χ1n) is 8.59. The van der Waals surface area contributed by atoms with Crippen molar-refractivity contribution < 1.29 is 9.47 Å². The number of aromatic nitrogens is 3. The Bertz CT molecular complexity index is 1050. The molecule has 0 aliphatic carbocycles. The summed E-state index contributed by atoms with van der Waals surface area (Å²) >= 11 is 1.65. The van der Waals surface area contributed by atoms with Gasteiger partial charge in [-0.15, -0.1) is 11.3 Å². The van der Waals surface area contributed by atoms with Crippen LogP contribution in [0.5, 0.6) is 5.75 Å². The maximum absolute atomic E-state index is 5.55. The number of hydrogen-bond acceptors (Lipinski definition) is 6. The zero-order chi connectivity index (χ0) is 17.5. The van der Waals surface area contributed by atoms with Crippen molar-refractivity contribution in [3.05, 3.63) is 36.4 Å². The molecule has 5 rings (SSSR count). The van der Waals surface area contributed by atoms with Gasteiger partial charge in [0.2, 0.25) is 0 Å². The monoisotopic (exact) mass is 366 g/mol. The molecular weight excluding hydrogens is 348 g/mol. The van der Waals surface area contributed by atoms with Crippen molar-refractivity contribution in [1.82, 2.24) is 15.0 Å². The van der Waals surface area contributed by atoms with Gasteiger partial charge in [0.05, 0.1) is 41.7 Å². The Morgan fingerprint density at radius 1 is 1.12 bits per heavy atom. The molecule has 0 unspecified atom stereocenters. The molecule has 0 amide bonds. The molecule has 0 radical (unpaired) electrons. The molecule has 2 aromatic heterocycles. The zero-order valence-electron chi connectivity index (χ0n) is 14.4. The van der Waals surface area contributed by atoms with E-state index in [0.717, 1.165) is 64.1 Å². The predicted octanol–water partition coefficient (Wildman–Crippen LogP) is 3.68. The van der Waals surface area contributed by atoms with Crippen molar-refractivity contribution in [2.45, 2.75) is 0 Å². The van der Waals surface area contributed by atoms with Gasteiger partial charge in [-0.3, -0.25) is 0 Å². The summed E-state index contributed by atoms with van der Waals surface area (Å²) in [5, 5.41) is 0.871. The van der Waals surface area contributed by atoms with Crippen LogP contribution >= 0.6 is 11.3 Å². The maximum Gasteiger partial charge on any atom is 0.167 e. The second kappa shape index (κ2) is 6.26. The van der Waals surface area contributed by atoms with Crippen molar-refractivity contribution >= 4 is 38.3 Å². The van der Waals surface area contributed by atoms with Crippen LogP contribution in [0.3, 0.4) is 0 Å². The minimum atomic E-state index is 0.753. The van der Waals surface area contributed by atoms with E-state index in [1.54, 1.807) is 18.4 Å². The molecule has 1 aliphatic rings. The Balaban J connectivity index is 1.67. The van der Waals surface area contributed by atoms with Crippen LogP contribution in [0.25, 0.3) is 32.1 Å². The normalized spacial score (nSPS) is 15.0. The molecule has 1 aliphatic heterocycles. The number of hydrogen-bond donors (Lipinski definition) is 1. The molecule has 6 nitrogen and oxygen atoms in total. The van der Waals surface area contributed by atoms with Crippen LogP contribution in [0, 0.1) is 0 Å². The smallest absolute Gasteiger partial charge is 0.167 e. The van der Waals surface area contributed by atoms with E-state index in [2.05, 4.69) is 16.0 Å². The number of morpholine rings is 1. The van der Waals surface area contributed by atoms with E-state index in [4.69, 9.17) is 19.4 Å². The minimum absolute atomic E-state index is 0.753. The summed E-state index contributed by atoms with van der Waals surface area (Å²) in [6.07, 6.45) is 0. The Morgan fingerprint density at radius 3 is 2.77 bits per heavy atom. The number of H-pyrrole nitrogens is 1. The SMILES string of the molecule is COc1ccc(N2CCOCC2)c2sc(-c3nc4ccccc4[nH]3)nc12. The number of fused-ring (bicyclic) bond motifs is 2. The van der Waals surface area contributed by atoms with Crippen molar-refractivity contribution in [2.75, 3.05) is 38.3 Å². The van der Waals surface area contributed by atoms with Crippen LogP contribution in [0.15, 0.2) is 36.4 Å². The summed E-state index contributed by atoms with van der Waals surface area (Å²) in [5.41, 5.74) is 4.03. The van der Waals surface area contributed by atoms with Crippen molar-refractivity contribution in [3.8, 4) is 16.6 Å². The van der Waals surface area contributed by atoms with Gasteiger partial charge < -0.3 is 19.4 Å². The molecule has 0 spiro atoms. The lowest BCUT2D eigenvalue weighted by molar-refractivity contribution is 0.123. The Morgan fingerprint density at radius 2 is 1.96 bits per heavy atom. The molecule has 26 heavy (non-hydrogen) atoms. The van der Waals surface area contributed by atoms with Crippen molar-refractivity contribution in [2.24, 2.45) is 0 Å². The molecule has 1 N–H and O–H groups in total. The van der Waals surface area contributed by atoms with Crippen LogP contribution in [0.2, 0.25) is 0 Å². The first-order chi connectivity index (χ1) is 12.8. The van der Waals surface area contributed by atoms with Crippen LogP contribution in [-0.4, -0.2) is 48.4 Å². The summed E-state index contributed by atoms with van der Waals surface area (Å²) in [6.45, 7) is 3.28. The van der Waals surface area contributed by atoms with Crippen LogP contribution in [-0.2, 0) is 4.74 Å². The lowest BCUT2D eigenvalue weighted by Crippen LogP contribution is -2.36. The van der Waals surface area contributed by atoms with Crippen LogP contribution in [0.1, 0.15) is 0 Å². The van der Waals surface area contributed by atoms with E-state index >= 15 is 0 Å². The highest BCUT2D eigenvalue weighted by Gasteiger charge is 2.20. The molecule has 4 aromatic rings. The fourth-order valence-electron chi connectivity index (χ4n) is 3.34. The molecule has 1 saturated heterocycles. The highest BCUT2D eigenvalue weighted by atomic mass is 32.1. The summed E-state index contributed by atoms with van der Waals surface area (Å²) in [5.74, 6) is 1.58. The number of rotatable bonds is 3. The summed E-state index contributed by atoms with van der Waals surface area (Å²) in [4.78, 5) is 15.3. The number of imidazole rings is 1. The number of para-hydroxylation sites is 2. The molecule has 132 valence electrons. The summed E-state index contributed by atoms with van der Waals surface area (Å²) in [7, 11) is 1.68. The van der Waals surface area contributed by atoms with E-state index in [9.17, 15) is 0 Å². The number of nitrogens with one attached hydrogen (secondary N) is 1. The van der Waals surface area contributed by atoms with Gasteiger partial charge in [0.15, 0.2) is 10.8 Å². The fourth-order valence-corrected chi connectivity index (χ4v) is 4.41. The lowest BCUT2D eigenvalue weighted by Gasteiger charge is -2.29. The molecule has 1 fully saturated rings. The number of aromatic amines is 1. The number of ether oxygens (including phenoxy) is 2. The topological polar surface area (TPSA) is 63.3 Å². The fraction of sp³-hybridized carbons (Fsp3) is 0.263. The van der Waals surface area contributed by atoms with E-state index in [1.807, 2.05) is 30.3 Å². The molecular formula is C19H18N4O2S. The third-order valence-electron chi connectivity index (χ3n) is 4.65. The highest BCUT2D eigenvalue weighted by Crippen LogP contribution is 2.40. The van der Waals surface area contributed by atoms with Crippen molar-refractivity contribution in [1.29, 1.82) is 0 Å². The molecule has 0 bridgehead atoms. The number of nitrogens with zero attached hydrogens (tertiary/aromatic N) is 3. The second-order valence-electron chi connectivity index (χ2n) is 6.19. The van der Waals surface area contributed by atoms with Gasteiger partial charge in [-0.25, -0.2) is 9.97 Å². The van der Waals surface area contributed by atoms with Gasteiger partial charge in [-0.2, -0.15) is 0 Å². The maximum atomic E-state index is 5.55. The number of benzene rings is 2. The van der Waals surface area contributed by atoms with Gasteiger partial charge >= 0.3 is 0 Å². The van der Waals surface area contributed by atoms with E-state index in [1.165, 1.54) is 5.69 Å². The van der Waals surface area contributed by atoms with Gasteiger partial charge in [0.1, 0.15) is 11.3 Å². The van der Waals surface area contributed by atoms with Crippen LogP contribution in [0.4, 0.5) is 5.69 Å².